The van der Waals surface area contributed by atoms with Gasteiger partial charge in [0, 0.05) is 18.8 Å². The van der Waals surface area contributed by atoms with Crippen LogP contribution >= 0.6 is 0 Å². The second-order valence-corrected chi connectivity index (χ2v) is 6.64. The summed E-state index contributed by atoms with van der Waals surface area (Å²) in [6.07, 6.45) is 4.54. The van der Waals surface area contributed by atoms with E-state index in [1.54, 1.807) is 12.1 Å². The van der Waals surface area contributed by atoms with Crippen molar-refractivity contribution >= 4 is 11.8 Å². The van der Waals surface area contributed by atoms with E-state index >= 15 is 0 Å². The number of hydrogen-bond donors (Lipinski definition) is 1. The molecule has 1 aromatic heterocycles. The molecule has 0 saturated heterocycles. The monoisotopic (exact) mass is 276 g/mol. The Balaban J connectivity index is 2.23. The van der Waals surface area contributed by atoms with E-state index in [1.165, 1.54) is 12.8 Å². The van der Waals surface area contributed by atoms with E-state index in [0.29, 0.717) is 22.8 Å². The maximum Gasteiger partial charge on any atom is 0.339 e. The minimum atomic E-state index is -0.907. The molecule has 110 valence electrons. The third-order valence-electron chi connectivity index (χ3n) is 4.44. The van der Waals surface area contributed by atoms with Crippen LogP contribution in [0.4, 0.5) is 5.82 Å². The van der Waals surface area contributed by atoms with Crippen LogP contribution in [0.25, 0.3) is 0 Å². The molecule has 0 aromatic carbocycles. The summed E-state index contributed by atoms with van der Waals surface area (Å²) in [5.41, 5.74) is 1.56. The van der Waals surface area contributed by atoms with Crippen molar-refractivity contribution < 1.29 is 9.90 Å². The average Bonchev–Trinajstić information content (AvgIpc) is 2.37. The molecule has 1 aromatic rings. The van der Waals surface area contributed by atoms with Crippen molar-refractivity contribution in [2.45, 2.75) is 52.5 Å². The first-order valence-electron chi connectivity index (χ1n) is 7.24. The fourth-order valence-electron chi connectivity index (χ4n) is 2.92. The lowest BCUT2D eigenvalue weighted by Crippen LogP contribution is -2.38. The molecular weight excluding hydrogens is 252 g/mol. The number of pyridine rings is 1. The normalized spacial score (nSPS) is 18.8. The number of aryl methyl sites for hydroxylation is 1. The molecular formula is C16H24N2O2. The average molecular weight is 276 g/mol. The van der Waals surface area contributed by atoms with Crippen LogP contribution in [-0.2, 0) is 0 Å². The molecule has 0 spiro atoms. The number of nitrogens with zero attached hydrogens (tertiary/aromatic N) is 2. The number of aromatic nitrogens is 1. The third kappa shape index (κ3) is 3.11. The summed E-state index contributed by atoms with van der Waals surface area (Å²) in [4.78, 5) is 17.9. The van der Waals surface area contributed by atoms with Gasteiger partial charge in [-0.25, -0.2) is 9.78 Å². The molecule has 1 aliphatic carbocycles. The highest BCUT2D eigenvalue weighted by Crippen LogP contribution is 2.37. The van der Waals surface area contributed by atoms with Crippen molar-refractivity contribution in [2.75, 3.05) is 11.9 Å². The molecule has 0 bridgehead atoms. The third-order valence-corrected chi connectivity index (χ3v) is 4.44. The number of carbonyl (C=O) groups is 1. The molecule has 0 unspecified atom stereocenters. The van der Waals surface area contributed by atoms with Crippen LogP contribution in [0.1, 0.15) is 55.6 Å². The van der Waals surface area contributed by atoms with Gasteiger partial charge in [0.1, 0.15) is 11.4 Å². The Labute approximate surface area is 120 Å². The second-order valence-electron chi connectivity index (χ2n) is 6.64. The summed E-state index contributed by atoms with van der Waals surface area (Å²) < 4.78 is 0. The molecule has 0 atom stereocenters. The first-order chi connectivity index (χ1) is 9.30. The minimum absolute atomic E-state index is 0.294. The molecule has 1 fully saturated rings. The predicted octanol–water partition coefficient (Wildman–Crippen LogP) is 3.49. The SMILES string of the molecule is Cc1ccc(C(=O)O)c(N(C)C2CCC(C)(C)CC2)n1. The van der Waals surface area contributed by atoms with E-state index in [0.717, 1.165) is 18.5 Å². The maximum absolute atomic E-state index is 11.4. The number of hydrogen-bond acceptors (Lipinski definition) is 3. The topological polar surface area (TPSA) is 53.4 Å². The quantitative estimate of drug-likeness (QED) is 0.918. The highest BCUT2D eigenvalue weighted by Gasteiger charge is 2.30. The molecule has 1 saturated carbocycles. The van der Waals surface area contributed by atoms with Gasteiger partial charge in [0.15, 0.2) is 0 Å². The summed E-state index contributed by atoms with van der Waals surface area (Å²) in [7, 11) is 1.97. The highest BCUT2D eigenvalue weighted by atomic mass is 16.4. The van der Waals surface area contributed by atoms with E-state index in [1.807, 2.05) is 14.0 Å². The molecule has 0 amide bonds. The van der Waals surface area contributed by atoms with Crippen molar-refractivity contribution in [3.63, 3.8) is 0 Å². The van der Waals surface area contributed by atoms with Crippen LogP contribution in [0, 0.1) is 12.3 Å². The summed E-state index contributed by atoms with van der Waals surface area (Å²) in [6, 6.07) is 3.80. The Kier molecular flexibility index (Phi) is 4.02. The zero-order valence-corrected chi connectivity index (χ0v) is 12.8. The van der Waals surface area contributed by atoms with Crippen LogP contribution in [0.15, 0.2) is 12.1 Å². The van der Waals surface area contributed by atoms with Gasteiger partial charge in [-0.05, 0) is 50.2 Å². The van der Waals surface area contributed by atoms with E-state index < -0.39 is 5.97 Å². The predicted molar refractivity (Wildman–Crippen MR) is 80.4 cm³/mol. The number of carboxylic acid groups (broad SMARTS) is 1. The number of carboxylic acids is 1. The van der Waals surface area contributed by atoms with Crippen molar-refractivity contribution in [1.82, 2.24) is 4.98 Å². The van der Waals surface area contributed by atoms with E-state index in [2.05, 4.69) is 23.7 Å². The van der Waals surface area contributed by atoms with E-state index in [-0.39, 0.29) is 0 Å². The van der Waals surface area contributed by atoms with Gasteiger partial charge in [0.05, 0.1) is 0 Å². The zero-order valence-electron chi connectivity index (χ0n) is 12.8. The van der Waals surface area contributed by atoms with Crippen molar-refractivity contribution in [2.24, 2.45) is 5.41 Å². The van der Waals surface area contributed by atoms with Crippen molar-refractivity contribution in [1.29, 1.82) is 0 Å². The standard InChI is InChI=1S/C16H24N2O2/c1-11-5-6-13(15(19)20)14(17-11)18(4)12-7-9-16(2,3)10-8-12/h5-6,12H,7-10H2,1-4H3,(H,19,20). The molecule has 2 rings (SSSR count). The van der Waals surface area contributed by atoms with Gasteiger partial charge in [0.25, 0.3) is 0 Å². The van der Waals surface area contributed by atoms with E-state index in [9.17, 15) is 9.90 Å². The largest absolute Gasteiger partial charge is 0.478 e. The van der Waals surface area contributed by atoms with E-state index in [4.69, 9.17) is 0 Å². The first kappa shape index (κ1) is 14.8. The molecule has 1 heterocycles. The Hall–Kier alpha value is -1.58. The molecule has 1 aliphatic rings. The highest BCUT2D eigenvalue weighted by molar-refractivity contribution is 5.93. The maximum atomic E-state index is 11.4. The van der Waals surface area contributed by atoms with Crippen molar-refractivity contribution in [3.05, 3.63) is 23.4 Å². The van der Waals surface area contributed by atoms with Crippen molar-refractivity contribution in [3.8, 4) is 0 Å². The minimum Gasteiger partial charge on any atom is -0.478 e. The Morgan fingerprint density at radius 3 is 2.50 bits per heavy atom. The molecule has 1 N–H and O–H groups in total. The summed E-state index contributed by atoms with van der Waals surface area (Å²) in [5, 5.41) is 9.32. The van der Waals surface area contributed by atoms with Crippen LogP contribution < -0.4 is 4.90 Å². The van der Waals surface area contributed by atoms with Gasteiger partial charge in [0.2, 0.25) is 0 Å². The Morgan fingerprint density at radius 1 is 1.35 bits per heavy atom. The summed E-state index contributed by atoms with van der Waals surface area (Å²) >= 11 is 0. The van der Waals surface area contributed by atoms with Gasteiger partial charge < -0.3 is 10.0 Å². The van der Waals surface area contributed by atoms with Gasteiger partial charge in [-0.2, -0.15) is 0 Å². The molecule has 0 radical (unpaired) electrons. The van der Waals surface area contributed by atoms with Gasteiger partial charge in [-0.3, -0.25) is 0 Å². The van der Waals surface area contributed by atoms with Gasteiger partial charge >= 0.3 is 5.97 Å². The Bertz CT molecular complexity index is 501. The fourth-order valence-corrected chi connectivity index (χ4v) is 2.92. The van der Waals surface area contributed by atoms with Gasteiger partial charge in [-0.1, -0.05) is 13.8 Å². The summed E-state index contributed by atoms with van der Waals surface area (Å²) in [5.74, 6) is -0.308. The number of rotatable bonds is 3. The van der Waals surface area contributed by atoms with Crippen LogP contribution in [0.5, 0.6) is 0 Å². The van der Waals surface area contributed by atoms with Crippen LogP contribution in [0.2, 0.25) is 0 Å². The first-order valence-corrected chi connectivity index (χ1v) is 7.24. The molecule has 0 aliphatic heterocycles. The van der Waals surface area contributed by atoms with Crippen LogP contribution in [0.3, 0.4) is 0 Å². The van der Waals surface area contributed by atoms with Gasteiger partial charge in [-0.15, -0.1) is 0 Å². The number of aromatic carboxylic acids is 1. The smallest absolute Gasteiger partial charge is 0.339 e. The number of anilines is 1. The lowest BCUT2D eigenvalue weighted by atomic mass is 9.75. The fraction of sp³-hybridized carbons (Fsp3) is 0.625. The molecule has 20 heavy (non-hydrogen) atoms. The van der Waals surface area contributed by atoms with Crippen LogP contribution in [-0.4, -0.2) is 29.1 Å². The summed E-state index contributed by atoms with van der Waals surface area (Å²) in [6.45, 7) is 6.50. The molecule has 4 nitrogen and oxygen atoms in total. The zero-order chi connectivity index (χ0) is 14.9. The lowest BCUT2D eigenvalue weighted by Gasteiger charge is -2.39. The lowest BCUT2D eigenvalue weighted by molar-refractivity contribution is 0.0697. The Morgan fingerprint density at radius 2 is 1.95 bits per heavy atom. The molecule has 4 heteroatoms. The second kappa shape index (κ2) is 5.43.